The van der Waals surface area contributed by atoms with Crippen molar-refractivity contribution in [3.63, 3.8) is 0 Å². The van der Waals surface area contributed by atoms with Gasteiger partial charge in [-0.05, 0) is 0 Å². The smallest absolute Gasteiger partial charge is 0.394 e. The van der Waals surface area contributed by atoms with Gasteiger partial charge in [0.05, 0.1) is 45.7 Å². The van der Waals surface area contributed by atoms with Crippen LogP contribution in [0.15, 0.2) is 0 Å². The molecule has 30 atom stereocenters. The molecule has 0 aromatic heterocycles. The van der Waals surface area contributed by atoms with E-state index in [1.165, 1.54) is 0 Å². The second kappa shape index (κ2) is 24.9. The van der Waals surface area contributed by atoms with Gasteiger partial charge in [-0.1, -0.05) is 0 Å². The van der Waals surface area contributed by atoms with Gasteiger partial charge < -0.3 is 160 Å². The first kappa shape index (κ1) is 59.2. The van der Waals surface area contributed by atoms with E-state index in [2.05, 4.69) is 4.52 Å². The van der Waals surface area contributed by atoms with Gasteiger partial charge in [0.2, 0.25) is 0 Å². The molecule has 0 radical (unpaired) electrons. The fourth-order valence-electron chi connectivity index (χ4n) is 8.61. The molecule has 71 heavy (non-hydrogen) atoms. The summed E-state index contributed by atoms with van der Waals surface area (Å²) < 4.78 is 76.4. The highest BCUT2D eigenvalue weighted by molar-refractivity contribution is 7.46. The topological polar surface area (TPSA) is 558 Å². The maximum Gasteiger partial charge on any atom is 0.469 e. The molecule has 0 aromatic rings. The summed E-state index contributed by atoms with van der Waals surface area (Å²) in [5.41, 5.74) is 5.76. The van der Waals surface area contributed by atoms with E-state index in [9.17, 15) is 96.5 Å². The van der Waals surface area contributed by atoms with Crippen molar-refractivity contribution in [3.05, 3.63) is 0 Å². The van der Waals surface area contributed by atoms with Gasteiger partial charge in [0.25, 0.3) is 0 Å². The van der Waals surface area contributed by atoms with E-state index < -0.39 is 232 Å². The molecule has 22 N–H and O–H groups in total. The molecule has 35 heteroatoms. The number of phosphoric acid groups is 1. The van der Waals surface area contributed by atoms with Crippen LogP contribution in [0.3, 0.4) is 0 Å². The number of aliphatic hydroxyl groups is 18. The number of ether oxygens (including phenoxy) is 11. The summed E-state index contributed by atoms with van der Waals surface area (Å²) in [6.07, 6.45) is -56.3. The van der Waals surface area contributed by atoms with Crippen LogP contribution in [0.2, 0.25) is 0 Å². The molecule has 34 nitrogen and oxygen atoms in total. The van der Waals surface area contributed by atoms with Gasteiger partial charge in [0, 0.05) is 0 Å². The first-order chi connectivity index (χ1) is 33.4. The minimum absolute atomic E-state index is 0.850. The molecular weight excluding hydrogens is 1010 g/mol. The molecule has 0 unspecified atom stereocenters. The Morgan fingerprint density at radius 3 is 1.34 bits per heavy atom. The lowest BCUT2D eigenvalue weighted by atomic mass is 9.95. The molecule has 6 rings (SSSR count). The molecule has 6 heterocycles. The molecule has 416 valence electrons. The average Bonchev–Trinajstić information content (AvgIpc) is 3.64. The highest BCUT2D eigenvalue weighted by Crippen LogP contribution is 2.39. The van der Waals surface area contributed by atoms with E-state index >= 15 is 0 Å². The van der Waals surface area contributed by atoms with Crippen molar-refractivity contribution in [2.24, 2.45) is 5.73 Å². The van der Waals surface area contributed by atoms with E-state index in [0.29, 0.717) is 0 Å². The van der Waals surface area contributed by atoms with Crippen LogP contribution < -0.4 is 5.73 Å². The third-order valence-corrected chi connectivity index (χ3v) is 13.2. The molecule has 6 fully saturated rings. The van der Waals surface area contributed by atoms with Crippen molar-refractivity contribution in [2.45, 2.75) is 184 Å². The minimum Gasteiger partial charge on any atom is -0.394 e. The van der Waals surface area contributed by atoms with Crippen molar-refractivity contribution in [2.75, 3.05) is 39.6 Å². The van der Waals surface area contributed by atoms with Crippen LogP contribution in [0.4, 0.5) is 0 Å². The van der Waals surface area contributed by atoms with Gasteiger partial charge in [-0.25, -0.2) is 4.57 Å². The van der Waals surface area contributed by atoms with Crippen LogP contribution in [0.25, 0.3) is 0 Å². The zero-order valence-corrected chi connectivity index (χ0v) is 37.7. The second-order valence-electron chi connectivity index (χ2n) is 17.5. The van der Waals surface area contributed by atoms with Crippen LogP contribution in [0, 0.1) is 0 Å². The summed E-state index contributed by atoms with van der Waals surface area (Å²) in [5, 5.41) is 191. The van der Waals surface area contributed by atoms with Gasteiger partial charge in [0.15, 0.2) is 37.7 Å². The van der Waals surface area contributed by atoms with Crippen molar-refractivity contribution >= 4 is 7.82 Å². The third kappa shape index (κ3) is 13.0. The molecule has 6 aliphatic rings. The standard InChI is InChI=1S/C36H64NO33P/c37-13-18(47)27(10(4-41)61-31(13)55)67-34-23(52)28(16(45)8(2-39)62-34)68-35-24(53)29(17(46)9(3-40)63-35)69-36-25(54)30(26(66-36)7(42)1-38)70-33-22(51)20(49)14(43)11(65-33)5-59-32-21(50)19(48)15(44)12(64-32)6-60-71(56,57)58/h7-36,38-55H,1-6,37H2,(H2,56,57,58)/t7-,8-,9-,10-,11-,12-,13-,14+,15+,16-,17-,18-,19+,20+,21-,22-,23+,24+,25-,26+,27-,28+,29+,30-,31+,32+,33-,34-,35-,36-/m1/s1. The Labute approximate surface area is 400 Å². The summed E-state index contributed by atoms with van der Waals surface area (Å²) in [6, 6.07) is -1.49. The SMILES string of the molecule is N[C@@H]1[C@@H](O)[C@H](O[C@H]2O[C@H](CO)[C@@H](O)[C@H](O[C@H]3O[C@H](CO)[C@@H](O)[C@H](O[C@H]4O[C@@H]([C@H](O)CO)[C@H](O[C@H]5O[C@H](CO[C@H]6O[C@H](COP(=O)(O)O)[C@H](O)[C@H](O)[C@H]6O)[C@H](O)[C@H](O)[C@H]5O)[C@H]4O)[C@@H]3O)[C@@H]2O)[C@@H](CO)O[C@@H]1O. The zero-order chi connectivity index (χ0) is 52.5. The molecular formula is C36H64NO33P. The lowest BCUT2D eigenvalue weighted by Gasteiger charge is -2.48. The van der Waals surface area contributed by atoms with E-state index in [-0.39, 0.29) is 0 Å². The number of nitrogens with two attached hydrogens (primary N) is 1. The predicted octanol–water partition coefficient (Wildman–Crippen LogP) is -14.0. The third-order valence-electron chi connectivity index (χ3n) is 12.7. The van der Waals surface area contributed by atoms with Gasteiger partial charge in [-0.3, -0.25) is 4.52 Å². The number of hydrogen-bond donors (Lipinski definition) is 21. The summed E-state index contributed by atoms with van der Waals surface area (Å²) >= 11 is 0. The van der Waals surface area contributed by atoms with Crippen LogP contribution in [0.5, 0.6) is 0 Å². The summed E-state index contributed by atoms with van der Waals surface area (Å²) in [5.74, 6) is 0. The first-order valence-electron chi connectivity index (χ1n) is 22.0. The van der Waals surface area contributed by atoms with Crippen LogP contribution in [0.1, 0.15) is 0 Å². The number of hydrogen-bond acceptors (Lipinski definition) is 32. The Morgan fingerprint density at radius 1 is 0.437 bits per heavy atom. The summed E-state index contributed by atoms with van der Waals surface area (Å²) in [6.45, 7) is -5.85. The minimum atomic E-state index is -5.11. The Kier molecular flexibility index (Phi) is 20.8. The Bertz CT molecular complexity index is 1690. The predicted molar refractivity (Wildman–Crippen MR) is 212 cm³/mol. The Balaban J connectivity index is 1.15. The van der Waals surface area contributed by atoms with E-state index in [4.69, 9.17) is 67.6 Å². The molecule has 6 aliphatic heterocycles. The Hall–Kier alpha value is -1.09. The van der Waals surface area contributed by atoms with Crippen molar-refractivity contribution < 1.29 is 163 Å². The monoisotopic (exact) mass is 1070 g/mol. The van der Waals surface area contributed by atoms with Gasteiger partial charge in [-0.15, -0.1) is 0 Å². The maximum absolute atomic E-state index is 11.5. The zero-order valence-electron chi connectivity index (χ0n) is 36.8. The second-order valence-corrected chi connectivity index (χ2v) is 18.7. The highest BCUT2D eigenvalue weighted by atomic mass is 31.2. The number of rotatable bonds is 19. The van der Waals surface area contributed by atoms with Crippen LogP contribution in [-0.4, -0.2) is 326 Å². The van der Waals surface area contributed by atoms with Gasteiger partial charge in [0.1, 0.15) is 140 Å². The van der Waals surface area contributed by atoms with E-state index in [1.807, 2.05) is 0 Å². The lowest BCUT2D eigenvalue weighted by Crippen LogP contribution is -2.67. The molecule has 0 aromatic carbocycles. The molecule has 0 aliphatic carbocycles. The van der Waals surface area contributed by atoms with E-state index in [0.717, 1.165) is 0 Å². The number of aliphatic hydroxyl groups excluding tert-OH is 18. The van der Waals surface area contributed by atoms with E-state index in [1.54, 1.807) is 0 Å². The van der Waals surface area contributed by atoms with Crippen molar-refractivity contribution in [3.8, 4) is 0 Å². The number of phosphoric ester groups is 1. The van der Waals surface area contributed by atoms with Crippen LogP contribution >= 0.6 is 7.82 Å². The maximum atomic E-state index is 11.5. The molecule has 6 saturated heterocycles. The van der Waals surface area contributed by atoms with Gasteiger partial charge >= 0.3 is 7.82 Å². The normalized spacial score (nSPS) is 50.5. The first-order valence-corrected chi connectivity index (χ1v) is 23.5. The average molecular weight is 1070 g/mol. The molecule has 0 amide bonds. The fraction of sp³-hybridized carbons (Fsp3) is 1.00. The van der Waals surface area contributed by atoms with Crippen molar-refractivity contribution in [1.82, 2.24) is 0 Å². The molecule has 0 bridgehead atoms. The summed E-state index contributed by atoms with van der Waals surface area (Å²) in [4.78, 5) is 18.1. The quantitative estimate of drug-likeness (QED) is 0.0534. The Morgan fingerprint density at radius 2 is 0.845 bits per heavy atom. The van der Waals surface area contributed by atoms with Crippen molar-refractivity contribution in [1.29, 1.82) is 0 Å². The highest BCUT2D eigenvalue weighted by Gasteiger charge is 2.58. The fourth-order valence-corrected chi connectivity index (χ4v) is 8.95. The summed E-state index contributed by atoms with van der Waals surface area (Å²) in [7, 11) is -5.11. The largest absolute Gasteiger partial charge is 0.469 e. The van der Waals surface area contributed by atoms with Gasteiger partial charge in [-0.2, -0.15) is 0 Å². The molecule has 0 saturated carbocycles. The van der Waals surface area contributed by atoms with Crippen LogP contribution in [-0.2, 0) is 61.2 Å². The molecule has 0 spiro atoms. The lowest BCUT2D eigenvalue weighted by molar-refractivity contribution is -0.380.